The summed E-state index contributed by atoms with van der Waals surface area (Å²) in [6, 6.07) is 0. The summed E-state index contributed by atoms with van der Waals surface area (Å²) in [5.74, 6) is -1.02. The summed E-state index contributed by atoms with van der Waals surface area (Å²) in [7, 11) is 0. The van der Waals surface area contributed by atoms with Crippen LogP contribution >= 0.6 is 0 Å². The first-order chi connectivity index (χ1) is 7.40. The molecule has 1 rings (SSSR count). The molecule has 3 nitrogen and oxygen atoms in total. The number of aliphatic carboxylic acids is 1. The van der Waals surface area contributed by atoms with Gasteiger partial charge < -0.3 is 9.84 Å². The molecule has 16 heavy (non-hydrogen) atoms. The highest BCUT2D eigenvalue weighted by Gasteiger charge is 2.32. The average Bonchev–Trinajstić information content (AvgIpc) is 2.07. The number of ether oxygens (including phenoxy) is 1. The third-order valence-electron chi connectivity index (χ3n) is 3.02. The Morgan fingerprint density at radius 3 is 2.19 bits per heavy atom. The Kier molecular flexibility index (Phi) is 4.78. The fourth-order valence-corrected chi connectivity index (χ4v) is 2.33. The van der Waals surface area contributed by atoms with Gasteiger partial charge >= 0.3 is 5.97 Å². The van der Waals surface area contributed by atoms with Gasteiger partial charge in [-0.25, -0.2) is 0 Å². The van der Waals surface area contributed by atoms with Gasteiger partial charge in [-0.05, 0) is 33.6 Å². The molecular weight excluding hydrogens is 204 g/mol. The lowest BCUT2D eigenvalue weighted by Crippen LogP contribution is -2.37. The zero-order valence-corrected chi connectivity index (χ0v) is 10.7. The summed E-state index contributed by atoms with van der Waals surface area (Å²) in [5, 5.41) is 9.24. The Hall–Kier alpha value is -0.570. The molecule has 1 aliphatic rings. The van der Waals surface area contributed by atoms with E-state index in [-0.39, 0.29) is 17.6 Å². The van der Waals surface area contributed by atoms with Gasteiger partial charge in [0.1, 0.15) is 0 Å². The average molecular weight is 228 g/mol. The van der Waals surface area contributed by atoms with Crippen LogP contribution in [0.3, 0.4) is 0 Å². The molecule has 2 unspecified atom stereocenters. The van der Waals surface area contributed by atoms with Crippen LogP contribution in [0.2, 0.25) is 0 Å². The quantitative estimate of drug-likeness (QED) is 0.789. The highest BCUT2D eigenvalue weighted by Crippen LogP contribution is 2.28. The SMILES string of the molecule is CC(C)(C)OC1CCCCCCC1C(=O)O. The fraction of sp³-hybridized carbons (Fsp3) is 0.923. The molecule has 0 amide bonds. The second-order valence-corrected chi connectivity index (χ2v) is 5.70. The summed E-state index contributed by atoms with van der Waals surface area (Å²) in [6.45, 7) is 5.97. The molecule has 2 atom stereocenters. The minimum atomic E-state index is -0.698. The molecule has 0 radical (unpaired) electrons. The smallest absolute Gasteiger partial charge is 0.309 e. The molecule has 0 spiro atoms. The Bertz CT molecular complexity index is 230. The van der Waals surface area contributed by atoms with Crippen LogP contribution in [-0.2, 0) is 9.53 Å². The van der Waals surface area contributed by atoms with E-state index in [2.05, 4.69) is 0 Å². The van der Waals surface area contributed by atoms with Gasteiger partial charge in [-0.3, -0.25) is 4.79 Å². The van der Waals surface area contributed by atoms with Crippen LogP contribution in [0.15, 0.2) is 0 Å². The van der Waals surface area contributed by atoms with Gasteiger partial charge in [0.25, 0.3) is 0 Å². The van der Waals surface area contributed by atoms with E-state index >= 15 is 0 Å². The normalized spacial score (nSPS) is 28.2. The van der Waals surface area contributed by atoms with E-state index in [1.807, 2.05) is 20.8 Å². The fourth-order valence-electron chi connectivity index (χ4n) is 2.33. The number of carboxylic acids is 1. The zero-order chi connectivity index (χ0) is 12.2. The molecule has 0 aromatic rings. The highest BCUT2D eigenvalue weighted by atomic mass is 16.5. The Labute approximate surface area is 98.2 Å². The van der Waals surface area contributed by atoms with Crippen molar-refractivity contribution in [3.63, 3.8) is 0 Å². The molecule has 0 heterocycles. The topological polar surface area (TPSA) is 46.5 Å². The number of carbonyl (C=O) groups is 1. The standard InChI is InChI=1S/C13H24O3/c1-13(2,3)16-11-9-7-5-4-6-8-10(11)12(14)15/h10-11H,4-9H2,1-3H3,(H,14,15). The molecule has 1 aliphatic carbocycles. The highest BCUT2D eigenvalue weighted by molar-refractivity contribution is 5.70. The number of rotatable bonds is 2. The van der Waals surface area contributed by atoms with E-state index in [1.165, 1.54) is 6.42 Å². The minimum absolute atomic E-state index is 0.113. The summed E-state index contributed by atoms with van der Waals surface area (Å²) in [5.41, 5.74) is -0.252. The van der Waals surface area contributed by atoms with Crippen LogP contribution < -0.4 is 0 Å². The first kappa shape index (κ1) is 13.5. The van der Waals surface area contributed by atoms with E-state index in [9.17, 15) is 9.90 Å². The maximum absolute atomic E-state index is 11.2. The van der Waals surface area contributed by atoms with Crippen molar-refractivity contribution >= 4 is 5.97 Å². The maximum Gasteiger partial charge on any atom is 0.309 e. The van der Waals surface area contributed by atoms with Gasteiger partial charge in [0.05, 0.1) is 17.6 Å². The van der Waals surface area contributed by atoms with Crippen molar-refractivity contribution in [3.05, 3.63) is 0 Å². The molecular formula is C13H24O3. The molecule has 1 fully saturated rings. The van der Waals surface area contributed by atoms with Crippen molar-refractivity contribution in [2.45, 2.75) is 71.0 Å². The van der Waals surface area contributed by atoms with Gasteiger partial charge in [0, 0.05) is 0 Å². The van der Waals surface area contributed by atoms with Gasteiger partial charge in [-0.15, -0.1) is 0 Å². The monoisotopic (exact) mass is 228 g/mol. The second kappa shape index (κ2) is 5.67. The summed E-state index contributed by atoms with van der Waals surface area (Å²) in [4.78, 5) is 11.2. The van der Waals surface area contributed by atoms with E-state index < -0.39 is 5.97 Å². The van der Waals surface area contributed by atoms with Crippen molar-refractivity contribution in [2.75, 3.05) is 0 Å². The number of hydrogen-bond acceptors (Lipinski definition) is 2. The number of hydrogen-bond donors (Lipinski definition) is 1. The lowest BCUT2D eigenvalue weighted by molar-refractivity contribution is -0.155. The molecule has 0 bridgehead atoms. The van der Waals surface area contributed by atoms with Crippen LogP contribution in [0.5, 0.6) is 0 Å². The van der Waals surface area contributed by atoms with Crippen LogP contribution in [0.25, 0.3) is 0 Å². The molecule has 1 saturated carbocycles. The van der Waals surface area contributed by atoms with Crippen LogP contribution in [0, 0.1) is 5.92 Å². The van der Waals surface area contributed by atoms with Crippen LogP contribution in [0.1, 0.15) is 59.3 Å². The predicted molar refractivity (Wildman–Crippen MR) is 63.5 cm³/mol. The van der Waals surface area contributed by atoms with Crippen molar-refractivity contribution in [1.82, 2.24) is 0 Å². The predicted octanol–water partition coefficient (Wildman–Crippen LogP) is 3.23. The maximum atomic E-state index is 11.2. The molecule has 0 aliphatic heterocycles. The largest absolute Gasteiger partial charge is 0.481 e. The third kappa shape index (κ3) is 4.52. The lowest BCUT2D eigenvalue weighted by Gasteiger charge is -2.32. The third-order valence-corrected chi connectivity index (χ3v) is 3.02. The van der Waals surface area contributed by atoms with Crippen molar-refractivity contribution < 1.29 is 14.6 Å². The van der Waals surface area contributed by atoms with Crippen LogP contribution in [0.4, 0.5) is 0 Å². The van der Waals surface area contributed by atoms with E-state index in [1.54, 1.807) is 0 Å². The van der Waals surface area contributed by atoms with Gasteiger partial charge in [-0.1, -0.05) is 25.7 Å². The summed E-state index contributed by atoms with van der Waals surface area (Å²) < 4.78 is 5.91. The van der Waals surface area contributed by atoms with Crippen molar-refractivity contribution in [3.8, 4) is 0 Å². The summed E-state index contributed by atoms with van der Waals surface area (Å²) >= 11 is 0. The molecule has 94 valence electrons. The molecule has 3 heteroatoms. The Morgan fingerprint density at radius 2 is 1.69 bits per heavy atom. The van der Waals surface area contributed by atoms with Crippen LogP contribution in [-0.4, -0.2) is 22.8 Å². The first-order valence-corrected chi connectivity index (χ1v) is 6.31. The molecule has 0 saturated heterocycles. The zero-order valence-electron chi connectivity index (χ0n) is 10.7. The first-order valence-electron chi connectivity index (χ1n) is 6.31. The molecule has 1 N–H and O–H groups in total. The van der Waals surface area contributed by atoms with Gasteiger partial charge in [0.15, 0.2) is 0 Å². The van der Waals surface area contributed by atoms with E-state index in [0.717, 1.165) is 32.1 Å². The number of carboxylic acid groups (broad SMARTS) is 1. The van der Waals surface area contributed by atoms with Crippen molar-refractivity contribution in [1.29, 1.82) is 0 Å². The van der Waals surface area contributed by atoms with Gasteiger partial charge in [0.2, 0.25) is 0 Å². The summed E-state index contributed by atoms with van der Waals surface area (Å²) in [6.07, 6.45) is 6.00. The second-order valence-electron chi connectivity index (χ2n) is 5.70. The molecule has 0 aromatic heterocycles. The minimum Gasteiger partial charge on any atom is -0.481 e. The Morgan fingerprint density at radius 1 is 1.12 bits per heavy atom. The van der Waals surface area contributed by atoms with Crippen molar-refractivity contribution in [2.24, 2.45) is 5.92 Å². The van der Waals surface area contributed by atoms with Gasteiger partial charge in [-0.2, -0.15) is 0 Å². The van der Waals surface area contributed by atoms with E-state index in [0.29, 0.717) is 0 Å². The Balaban J connectivity index is 2.67. The lowest BCUT2D eigenvalue weighted by atomic mass is 9.88. The molecule has 0 aromatic carbocycles. The van der Waals surface area contributed by atoms with E-state index in [4.69, 9.17) is 4.74 Å².